The Hall–Kier alpha value is -3.03. The number of aromatic nitrogens is 3. The van der Waals surface area contributed by atoms with E-state index in [9.17, 15) is 0 Å². The number of ether oxygens (including phenoxy) is 1. The molecule has 4 aromatic rings. The van der Waals surface area contributed by atoms with Gasteiger partial charge in [0.2, 0.25) is 0 Å². The molecule has 0 aliphatic rings. The quantitative estimate of drug-likeness (QED) is 0.440. The normalized spacial score (nSPS) is 10.8. The van der Waals surface area contributed by atoms with Crippen molar-refractivity contribution in [1.82, 2.24) is 15.0 Å². The molecular formula is C20H16ClN5OS. The first kappa shape index (κ1) is 18.3. The maximum atomic E-state index is 6.35. The van der Waals surface area contributed by atoms with E-state index in [1.54, 1.807) is 31.5 Å². The van der Waals surface area contributed by atoms with Crippen LogP contribution in [0.3, 0.4) is 0 Å². The molecule has 0 radical (unpaired) electrons. The molecule has 3 N–H and O–H groups in total. The van der Waals surface area contributed by atoms with Gasteiger partial charge in [-0.25, -0.2) is 9.97 Å². The molecule has 0 unspecified atom stereocenters. The van der Waals surface area contributed by atoms with Crippen molar-refractivity contribution in [3.63, 3.8) is 0 Å². The summed E-state index contributed by atoms with van der Waals surface area (Å²) in [6.07, 6.45) is 3.24. The fourth-order valence-electron chi connectivity index (χ4n) is 2.73. The lowest BCUT2D eigenvalue weighted by Gasteiger charge is -2.14. The van der Waals surface area contributed by atoms with Crippen molar-refractivity contribution in [2.75, 3.05) is 18.2 Å². The number of anilines is 3. The summed E-state index contributed by atoms with van der Waals surface area (Å²) in [4.78, 5) is 14.1. The standard InChI is InChI=1S/C20H16ClN5OS/c1-27-15-8-7-13(21)10-14(15)26-19-17(22)20(25-11-24-19)28-16-6-2-4-12-5-3-9-23-18(12)16/h2-11H,22H2,1H3,(H,24,25,26). The molecule has 2 aromatic carbocycles. The van der Waals surface area contributed by atoms with Gasteiger partial charge in [0.1, 0.15) is 22.8 Å². The first-order valence-electron chi connectivity index (χ1n) is 8.38. The number of halogens is 1. The lowest BCUT2D eigenvalue weighted by atomic mass is 10.2. The summed E-state index contributed by atoms with van der Waals surface area (Å²) >= 11 is 7.55. The van der Waals surface area contributed by atoms with Crippen LogP contribution < -0.4 is 15.8 Å². The van der Waals surface area contributed by atoms with Gasteiger partial charge in [0.05, 0.1) is 18.3 Å². The molecule has 0 spiro atoms. The molecule has 0 fully saturated rings. The molecule has 0 bridgehead atoms. The zero-order valence-electron chi connectivity index (χ0n) is 14.9. The highest BCUT2D eigenvalue weighted by molar-refractivity contribution is 7.99. The molecule has 0 aliphatic heterocycles. The molecule has 4 rings (SSSR count). The SMILES string of the molecule is COc1ccc(Cl)cc1Nc1ncnc(Sc2cccc3cccnc23)c1N. The van der Waals surface area contributed by atoms with Crippen molar-refractivity contribution < 1.29 is 4.74 Å². The average Bonchev–Trinajstić information content (AvgIpc) is 2.71. The van der Waals surface area contributed by atoms with Crippen LogP contribution in [0.5, 0.6) is 5.75 Å². The minimum Gasteiger partial charge on any atom is -0.495 e. The number of hydrogen-bond acceptors (Lipinski definition) is 7. The number of nitrogens with zero attached hydrogens (tertiary/aromatic N) is 3. The van der Waals surface area contributed by atoms with Gasteiger partial charge < -0.3 is 15.8 Å². The van der Waals surface area contributed by atoms with E-state index >= 15 is 0 Å². The van der Waals surface area contributed by atoms with Crippen molar-refractivity contribution in [2.45, 2.75) is 9.92 Å². The third-order valence-electron chi connectivity index (χ3n) is 4.06. The van der Waals surface area contributed by atoms with Crippen LogP contribution in [0.15, 0.2) is 71.0 Å². The Morgan fingerprint density at radius 3 is 2.79 bits per heavy atom. The maximum absolute atomic E-state index is 6.35. The minimum atomic E-state index is 0.433. The fourth-order valence-corrected chi connectivity index (χ4v) is 3.83. The summed E-state index contributed by atoms with van der Waals surface area (Å²) in [6.45, 7) is 0. The van der Waals surface area contributed by atoms with Crippen LogP contribution >= 0.6 is 23.4 Å². The molecule has 0 amide bonds. The van der Waals surface area contributed by atoms with Gasteiger partial charge in [-0.3, -0.25) is 4.98 Å². The second-order valence-corrected chi connectivity index (χ2v) is 7.31. The Morgan fingerprint density at radius 1 is 1.07 bits per heavy atom. The van der Waals surface area contributed by atoms with E-state index in [2.05, 4.69) is 20.3 Å². The zero-order chi connectivity index (χ0) is 19.5. The highest BCUT2D eigenvalue weighted by atomic mass is 35.5. The molecule has 8 heteroatoms. The number of nitrogen functional groups attached to an aromatic ring is 1. The Labute approximate surface area is 171 Å². The van der Waals surface area contributed by atoms with Crippen molar-refractivity contribution in [1.29, 1.82) is 0 Å². The summed E-state index contributed by atoms with van der Waals surface area (Å²) in [5.41, 5.74) is 8.35. The minimum absolute atomic E-state index is 0.433. The number of hydrogen-bond donors (Lipinski definition) is 2. The number of benzene rings is 2. The molecule has 2 heterocycles. The van der Waals surface area contributed by atoms with Crippen LogP contribution in [0.2, 0.25) is 5.02 Å². The number of fused-ring (bicyclic) bond motifs is 1. The Morgan fingerprint density at radius 2 is 1.93 bits per heavy atom. The number of methoxy groups -OCH3 is 1. The predicted octanol–water partition coefficient (Wildman–Crippen LogP) is 5.16. The number of para-hydroxylation sites is 1. The summed E-state index contributed by atoms with van der Waals surface area (Å²) in [5.74, 6) is 1.11. The van der Waals surface area contributed by atoms with E-state index in [0.29, 0.717) is 33.0 Å². The monoisotopic (exact) mass is 409 g/mol. The molecule has 0 saturated heterocycles. The third-order valence-corrected chi connectivity index (χ3v) is 5.37. The van der Waals surface area contributed by atoms with Gasteiger partial charge in [0.25, 0.3) is 0 Å². The van der Waals surface area contributed by atoms with E-state index in [1.165, 1.54) is 18.1 Å². The van der Waals surface area contributed by atoms with Crippen LogP contribution in [0, 0.1) is 0 Å². The smallest absolute Gasteiger partial charge is 0.158 e. The van der Waals surface area contributed by atoms with E-state index in [1.807, 2.05) is 30.3 Å². The summed E-state index contributed by atoms with van der Waals surface area (Å²) in [7, 11) is 1.59. The van der Waals surface area contributed by atoms with Crippen molar-refractivity contribution >= 4 is 51.5 Å². The van der Waals surface area contributed by atoms with E-state index in [-0.39, 0.29) is 0 Å². The Bertz CT molecular complexity index is 1150. The van der Waals surface area contributed by atoms with Gasteiger partial charge in [-0.05, 0) is 30.3 Å². The van der Waals surface area contributed by atoms with Crippen LogP contribution in [0.25, 0.3) is 10.9 Å². The van der Waals surface area contributed by atoms with Gasteiger partial charge in [-0.15, -0.1) is 0 Å². The van der Waals surface area contributed by atoms with Gasteiger partial charge >= 0.3 is 0 Å². The topological polar surface area (TPSA) is 86.0 Å². The lowest BCUT2D eigenvalue weighted by molar-refractivity contribution is 0.417. The first-order chi connectivity index (χ1) is 13.7. The molecule has 0 saturated carbocycles. The molecule has 0 aliphatic carbocycles. The molecule has 0 atom stereocenters. The van der Waals surface area contributed by atoms with Gasteiger partial charge in [-0.1, -0.05) is 41.6 Å². The van der Waals surface area contributed by atoms with Gasteiger partial charge in [-0.2, -0.15) is 0 Å². The third kappa shape index (κ3) is 3.67. The van der Waals surface area contributed by atoms with E-state index in [4.69, 9.17) is 22.1 Å². The highest BCUT2D eigenvalue weighted by Crippen LogP contribution is 2.38. The molecule has 28 heavy (non-hydrogen) atoms. The number of rotatable bonds is 5. The Kier molecular flexibility index (Phi) is 5.18. The van der Waals surface area contributed by atoms with Crippen molar-refractivity contribution in [3.8, 4) is 5.75 Å². The fraction of sp³-hybridized carbons (Fsp3) is 0.0500. The second kappa shape index (κ2) is 7.92. The number of nitrogens with two attached hydrogens (primary N) is 1. The maximum Gasteiger partial charge on any atom is 0.158 e. The summed E-state index contributed by atoms with van der Waals surface area (Å²) in [5, 5.41) is 5.45. The molecule has 140 valence electrons. The largest absolute Gasteiger partial charge is 0.495 e. The second-order valence-electron chi connectivity index (χ2n) is 5.84. The zero-order valence-corrected chi connectivity index (χ0v) is 16.5. The van der Waals surface area contributed by atoms with Gasteiger partial charge in [0.15, 0.2) is 5.82 Å². The van der Waals surface area contributed by atoms with E-state index in [0.717, 1.165) is 15.8 Å². The molecule has 6 nitrogen and oxygen atoms in total. The summed E-state index contributed by atoms with van der Waals surface area (Å²) in [6, 6.07) is 15.2. The predicted molar refractivity (Wildman–Crippen MR) is 114 cm³/mol. The molecule has 2 aromatic heterocycles. The van der Waals surface area contributed by atoms with Crippen LogP contribution in [0.1, 0.15) is 0 Å². The first-order valence-corrected chi connectivity index (χ1v) is 9.58. The average molecular weight is 410 g/mol. The Balaban J connectivity index is 1.68. The van der Waals surface area contributed by atoms with Crippen LogP contribution in [-0.4, -0.2) is 22.1 Å². The lowest BCUT2D eigenvalue weighted by Crippen LogP contribution is -2.03. The number of nitrogens with one attached hydrogen (secondary N) is 1. The van der Waals surface area contributed by atoms with E-state index < -0.39 is 0 Å². The molecular weight excluding hydrogens is 394 g/mol. The van der Waals surface area contributed by atoms with Crippen molar-refractivity contribution in [3.05, 3.63) is 66.1 Å². The van der Waals surface area contributed by atoms with Crippen LogP contribution in [-0.2, 0) is 0 Å². The summed E-state index contributed by atoms with van der Waals surface area (Å²) < 4.78 is 5.37. The highest BCUT2D eigenvalue weighted by Gasteiger charge is 2.14. The number of pyridine rings is 1. The van der Waals surface area contributed by atoms with Gasteiger partial charge in [0, 0.05) is 21.5 Å². The van der Waals surface area contributed by atoms with Crippen LogP contribution in [0.4, 0.5) is 17.2 Å². The van der Waals surface area contributed by atoms with Crippen molar-refractivity contribution in [2.24, 2.45) is 0 Å².